The predicted molar refractivity (Wildman–Crippen MR) is 139 cm³/mol. The molecule has 1 aliphatic rings. The molecule has 3 aromatic rings. The van der Waals surface area contributed by atoms with Gasteiger partial charge in [-0.05, 0) is 59.5 Å². The van der Waals surface area contributed by atoms with Gasteiger partial charge in [-0.25, -0.2) is 0 Å². The van der Waals surface area contributed by atoms with Crippen molar-refractivity contribution in [2.24, 2.45) is 0 Å². The maximum atomic E-state index is 14.1. The monoisotopic (exact) mass is 516 g/mol. The van der Waals surface area contributed by atoms with Crippen LogP contribution in [0.5, 0.6) is 0 Å². The van der Waals surface area contributed by atoms with E-state index >= 15 is 0 Å². The van der Waals surface area contributed by atoms with Crippen molar-refractivity contribution in [2.75, 3.05) is 26.7 Å². The molecule has 1 fully saturated rings. The number of benzene rings is 3. The minimum Gasteiger partial charge on any atom is -0.392 e. The minimum atomic E-state index is -0.515. The molecule has 0 radical (unpaired) electrons. The molecular formula is C27H27Cl3N2O2. The van der Waals surface area contributed by atoms with Crippen molar-refractivity contribution in [3.63, 3.8) is 0 Å². The lowest BCUT2D eigenvalue weighted by Crippen LogP contribution is -2.41. The Labute approximate surface area is 215 Å². The van der Waals surface area contributed by atoms with Crippen LogP contribution in [-0.4, -0.2) is 53.6 Å². The molecule has 0 bridgehead atoms. The lowest BCUT2D eigenvalue weighted by atomic mass is 9.89. The van der Waals surface area contributed by atoms with Crippen LogP contribution in [0.2, 0.25) is 15.1 Å². The highest BCUT2D eigenvalue weighted by Gasteiger charge is 2.33. The second-order valence-electron chi connectivity index (χ2n) is 8.75. The molecule has 1 aliphatic heterocycles. The molecule has 1 N–H and O–H groups in total. The van der Waals surface area contributed by atoms with Gasteiger partial charge in [0.2, 0.25) is 5.91 Å². The Morgan fingerprint density at radius 3 is 1.74 bits per heavy atom. The lowest BCUT2D eigenvalue weighted by Gasteiger charge is -2.34. The van der Waals surface area contributed by atoms with Gasteiger partial charge in [-0.3, -0.25) is 9.69 Å². The molecule has 34 heavy (non-hydrogen) atoms. The number of carbonyl (C=O) groups is 1. The molecule has 0 unspecified atom stereocenters. The van der Waals surface area contributed by atoms with Crippen molar-refractivity contribution in [1.82, 2.24) is 9.80 Å². The maximum Gasteiger partial charge on any atom is 0.234 e. The third-order valence-corrected chi connectivity index (χ3v) is 7.16. The number of rotatable bonds is 7. The second kappa shape index (κ2) is 11.1. The molecule has 2 atom stereocenters. The van der Waals surface area contributed by atoms with E-state index in [1.165, 1.54) is 0 Å². The fraction of sp³-hybridized carbons (Fsp3) is 0.296. The first-order valence-electron chi connectivity index (χ1n) is 11.3. The van der Waals surface area contributed by atoms with E-state index < -0.39 is 5.92 Å². The zero-order chi connectivity index (χ0) is 24.2. The Hall–Kier alpha value is -2.08. The molecular weight excluding hydrogens is 491 g/mol. The number of halogens is 3. The van der Waals surface area contributed by atoms with Crippen LogP contribution in [0, 0.1) is 0 Å². The molecule has 178 valence electrons. The molecule has 4 nitrogen and oxygen atoms in total. The van der Waals surface area contributed by atoms with Crippen molar-refractivity contribution in [2.45, 2.75) is 24.5 Å². The van der Waals surface area contributed by atoms with Crippen molar-refractivity contribution in [3.8, 4) is 0 Å². The summed E-state index contributed by atoms with van der Waals surface area (Å²) in [6.45, 7) is 2.02. The van der Waals surface area contributed by atoms with Crippen molar-refractivity contribution in [1.29, 1.82) is 0 Å². The van der Waals surface area contributed by atoms with Crippen LogP contribution in [0.15, 0.2) is 72.8 Å². The highest BCUT2D eigenvalue weighted by Crippen LogP contribution is 2.33. The molecule has 3 aromatic carbocycles. The highest BCUT2D eigenvalue weighted by molar-refractivity contribution is 6.31. The number of hydrogen-bond acceptors (Lipinski definition) is 3. The zero-order valence-electron chi connectivity index (χ0n) is 18.9. The summed E-state index contributed by atoms with van der Waals surface area (Å²) in [7, 11) is 1.84. The number of aliphatic hydroxyl groups excluding tert-OH is 1. The van der Waals surface area contributed by atoms with Crippen LogP contribution >= 0.6 is 34.8 Å². The van der Waals surface area contributed by atoms with Crippen LogP contribution in [0.4, 0.5) is 0 Å². The maximum absolute atomic E-state index is 14.1. The number of β-amino-alcohol motifs (C(OH)–C–C–N with tert-alkyl or cyclic N) is 1. The number of nitrogens with zero attached hydrogens (tertiary/aromatic N) is 2. The Morgan fingerprint density at radius 1 is 0.882 bits per heavy atom. The summed E-state index contributed by atoms with van der Waals surface area (Å²) in [5, 5.41) is 11.9. The van der Waals surface area contributed by atoms with Crippen molar-refractivity contribution in [3.05, 3.63) is 105 Å². The van der Waals surface area contributed by atoms with E-state index in [1.54, 1.807) is 24.3 Å². The lowest BCUT2D eigenvalue weighted by molar-refractivity contribution is -0.133. The van der Waals surface area contributed by atoms with Gasteiger partial charge < -0.3 is 10.0 Å². The normalized spacial score (nSPS) is 17.2. The molecule has 0 spiro atoms. The second-order valence-corrected chi connectivity index (χ2v) is 10.1. The largest absolute Gasteiger partial charge is 0.392 e. The predicted octanol–water partition coefficient (Wildman–Crippen LogP) is 6.05. The summed E-state index contributed by atoms with van der Waals surface area (Å²) in [6, 6.07) is 22.2. The highest BCUT2D eigenvalue weighted by atomic mass is 35.5. The van der Waals surface area contributed by atoms with Gasteiger partial charge in [-0.1, -0.05) is 71.2 Å². The molecule has 0 aliphatic carbocycles. The van der Waals surface area contributed by atoms with E-state index in [1.807, 2.05) is 60.5 Å². The van der Waals surface area contributed by atoms with Crippen LogP contribution in [0.25, 0.3) is 0 Å². The van der Waals surface area contributed by atoms with E-state index in [0.29, 0.717) is 28.2 Å². The van der Waals surface area contributed by atoms with Gasteiger partial charge in [-0.2, -0.15) is 0 Å². The number of aliphatic hydroxyl groups is 1. The standard InChI is InChI=1S/C27H27Cl3N2O2/c1-31(25(17-32-15-14-24(33)16-32)18-2-8-21(28)9-3-18)27(34)26(19-4-10-22(29)11-5-19)20-6-12-23(30)13-7-20/h2-13,24-26,33H,14-17H2,1H3/t24-,25+/m0/s1. The topological polar surface area (TPSA) is 43.8 Å². The molecule has 7 heteroatoms. The quantitative estimate of drug-likeness (QED) is 0.415. The van der Waals surface area contributed by atoms with Gasteiger partial charge in [-0.15, -0.1) is 0 Å². The number of likely N-dealkylation sites (N-methyl/N-ethyl adjacent to an activating group) is 1. The molecule has 1 heterocycles. The minimum absolute atomic E-state index is 0.0376. The Morgan fingerprint density at radius 2 is 1.32 bits per heavy atom. The zero-order valence-corrected chi connectivity index (χ0v) is 21.1. The third kappa shape index (κ3) is 5.94. The van der Waals surface area contributed by atoms with Crippen molar-refractivity contribution >= 4 is 40.7 Å². The number of carbonyl (C=O) groups excluding carboxylic acids is 1. The Balaban J connectivity index is 1.70. The van der Waals surface area contributed by atoms with Crippen LogP contribution in [0.3, 0.4) is 0 Å². The Kier molecular flexibility index (Phi) is 8.18. The summed E-state index contributed by atoms with van der Waals surface area (Å²) in [5.41, 5.74) is 2.71. The van der Waals surface area contributed by atoms with Crippen LogP contribution in [-0.2, 0) is 4.79 Å². The van der Waals surface area contributed by atoms with Gasteiger partial charge in [0.25, 0.3) is 0 Å². The summed E-state index contributed by atoms with van der Waals surface area (Å²) in [5.74, 6) is -0.553. The summed E-state index contributed by atoms with van der Waals surface area (Å²) in [4.78, 5) is 18.1. The van der Waals surface area contributed by atoms with Crippen LogP contribution in [0.1, 0.15) is 35.1 Å². The molecule has 0 saturated carbocycles. The summed E-state index contributed by atoms with van der Waals surface area (Å²) >= 11 is 18.4. The molecule has 1 saturated heterocycles. The molecule has 0 aromatic heterocycles. The average molecular weight is 518 g/mol. The SMILES string of the molecule is CN(C(=O)C(c1ccc(Cl)cc1)c1ccc(Cl)cc1)[C@H](CN1CC[C@H](O)C1)c1ccc(Cl)cc1. The van der Waals surface area contributed by atoms with Gasteiger partial charge in [0, 0.05) is 41.7 Å². The van der Waals surface area contributed by atoms with Crippen LogP contribution < -0.4 is 0 Å². The van der Waals surface area contributed by atoms with Gasteiger partial charge in [0.05, 0.1) is 18.1 Å². The van der Waals surface area contributed by atoms with Crippen molar-refractivity contribution < 1.29 is 9.90 Å². The Bertz CT molecular complexity index is 1060. The molecule has 4 rings (SSSR count). The van der Waals surface area contributed by atoms with Gasteiger partial charge in [0.15, 0.2) is 0 Å². The summed E-state index contributed by atoms with van der Waals surface area (Å²) in [6.07, 6.45) is 0.408. The average Bonchev–Trinajstić information content (AvgIpc) is 3.25. The number of amides is 1. The number of hydrogen-bond donors (Lipinski definition) is 1. The van der Waals surface area contributed by atoms with E-state index in [-0.39, 0.29) is 18.1 Å². The van der Waals surface area contributed by atoms with E-state index in [0.717, 1.165) is 29.7 Å². The van der Waals surface area contributed by atoms with E-state index in [9.17, 15) is 9.90 Å². The first-order valence-corrected chi connectivity index (χ1v) is 12.4. The molecule has 1 amide bonds. The van der Waals surface area contributed by atoms with Gasteiger partial charge >= 0.3 is 0 Å². The number of likely N-dealkylation sites (tertiary alicyclic amines) is 1. The van der Waals surface area contributed by atoms with Gasteiger partial charge in [0.1, 0.15) is 0 Å². The van der Waals surface area contributed by atoms with E-state index in [4.69, 9.17) is 34.8 Å². The first-order chi connectivity index (χ1) is 16.3. The third-order valence-electron chi connectivity index (χ3n) is 6.40. The fourth-order valence-electron chi connectivity index (χ4n) is 4.50. The van der Waals surface area contributed by atoms with E-state index in [2.05, 4.69) is 4.90 Å². The smallest absolute Gasteiger partial charge is 0.234 e. The summed E-state index contributed by atoms with van der Waals surface area (Å²) < 4.78 is 0. The fourth-order valence-corrected chi connectivity index (χ4v) is 4.88. The first kappa shape index (κ1) is 25.0.